The Kier molecular flexibility index (Phi) is 7.84. The topological polar surface area (TPSA) is 56.7 Å². The average molecular weight is 439 g/mol. The summed E-state index contributed by atoms with van der Waals surface area (Å²) in [6, 6.07) is 5.69. The lowest BCUT2D eigenvalue weighted by molar-refractivity contribution is -0.137. The fraction of sp³-hybridized carbons (Fsp3) is 0.652. The lowest BCUT2D eigenvalue weighted by Gasteiger charge is -2.22. The first-order chi connectivity index (χ1) is 14.8. The minimum Gasteiger partial charge on any atom is -0.356 e. The first kappa shape index (κ1) is 23.4. The van der Waals surface area contributed by atoms with E-state index < -0.39 is 11.7 Å². The highest BCUT2D eigenvalue weighted by Gasteiger charge is 2.33. The molecule has 0 radical (unpaired) electrons. The van der Waals surface area contributed by atoms with Crippen LogP contribution in [0.2, 0.25) is 0 Å². The number of alkyl halides is 3. The van der Waals surface area contributed by atoms with Crippen LogP contribution in [0.3, 0.4) is 0 Å². The van der Waals surface area contributed by atoms with E-state index in [0.29, 0.717) is 36.9 Å². The van der Waals surface area contributed by atoms with Gasteiger partial charge in [-0.1, -0.05) is 38.0 Å². The minimum atomic E-state index is -4.33. The van der Waals surface area contributed by atoms with Crippen LogP contribution in [0.1, 0.15) is 62.5 Å². The van der Waals surface area contributed by atoms with Gasteiger partial charge in [0.25, 0.3) is 0 Å². The van der Waals surface area contributed by atoms with Crippen molar-refractivity contribution in [3.05, 3.63) is 35.4 Å². The molecule has 1 saturated carbocycles. The fourth-order valence-corrected chi connectivity index (χ4v) is 4.49. The Morgan fingerprint density at radius 2 is 2.00 bits per heavy atom. The van der Waals surface area contributed by atoms with Crippen molar-refractivity contribution in [2.45, 2.75) is 63.6 Å². The van der Waals surface area contributed by atoms with Crippen molar-refractivity contribution in [3.8, 4) is 0 Å². The second-order valence-electron chi connectivity index (χ2n) is 8.71. The molecule has 1 amide bonds. The van der Waals surface area contributed by atoms with Crippen molar-refractivity contribution in [2.24, 2.45) is 10.9 Å². The number of nitrogens with zero attached hydrogens (tertiary/aromatic N) is 2. The molecule has 3 rings (SSSR count). The predicted molar refractivity (Wildman–Crippen MR) is 116 cm³/mol. The van der Waals surface area contributed by atoms with Gasteiger partial charge in [-0.2, -0.15) is 13.2 Å². The van der Waals surface area contributed by atoms with Crippen LogP contribution in [0, 0.1) is 5.92 Å². The Labute approximate surface area is 182 Å². The summed E-state index contributed by atoms with van der Waals surface area (Å²) in [6.45, 7) is 3.98. The molecular weight excluding hydrogens is 405 g/mol. The molecule has 0 spiro atoms. The number of halogens is 3. The molecule has 2 fully saturated rings. The number of hydrogen-bond donors (Lipinski definition) is 2. The monoisotopic (exact) mass is 438 g/mol. The Bertz CT molecular complexity index is 774. The molecule has 1 saturated heterocycles. The molecule has 1 heterocycles. The summed E-state index contributed by atoms with van der Waals surface area (Å²) < 4.78 is 38.8. The Balaban J connectivity index is 1.43. The van der Waals surface area contributed by atoms with Gasteiger partial charge in [0.1, 0.15) is 0 Å². The third-order valence-corrected chi connectivity index (χ3v) is 6.42. The van der Waals surface area contributed by atoms with Gasteiger partial charge < -0.3 is 15.5 Å². The quantitative estimate of drug-likeness (QED) is 0.518. The molecule has 2 N–H and O–H groups in total. The number of rotatable bonds is 6. The van der Waals surface area contributed by atoms with Crippen molar-refractivity contribution in [1.82, 2.24) is 15.5 Å². The lowest BCUT2D eigenvalue weighted by atomic mass is 9.96. The van der Waals surface area contributed by atoms with Crippen LogP contribution in [0.15, 0.2) is 29.3 Å². The molecule has 1 aromatic rings. The number of hydrogen-bond acceptors (Lipinski definition) is 2. The molecule has 1 aliphatic carbocycles. The minimum absolute atomic E-state index is 0.0149. The summed E-state index contributed by atoms with van der Waals surface area (Å²) in [6.07, 6.45) is 1.58. The largest absolute Gasteiger partial charge is 0.416 e. The fourth-order valence-electron chi connectivity index (χ4n) is 4.49. The molecule has 2 atom stereocenters. The van der Waals surface area contributed by atoms with Gasteiger partial charge >= 0.3 is 6.18 Å². The van der Waals surface area contributed by atoms with Crippen LogP contribution >= 0.6 is 0 Å². The average Bonchev–Trinajstić information content (AvgIpc) is 3.44. The number of benzene rings is 1. The van der Waals surface area contributed by atoms with E-state index >= 15 is 0 Å². The first-order valence-corrected chi connectivity index (χ1v) is 11.2. The molecule has 1 aliphatic heterocycles. The van der Waals surface area contributed by atoms with E-state index in [1.54, 1.807) is 13.1 Å². The maximum atomic E-state index is 12.9. The molecular formula is C23H33F3N4O. The highest BCUT2D eigenvalue weighted by molar-refractivity contribution is 5.81. The van der Waals surface area contributed by atoms with Gasteiger partial charge in [-0.05, 0) is 43.2 Å². The van der Waals surface area contributed by atoms with E-state index in [1.807, 2.05) is 11.8 Å². The second-order valence-corrected chi connectivity index (χ2v) is 8.71. The lowest BCUT2D eigenvalue weighted by Crippen LogP contribution is -2.45. The Morgan fingerprint density at radius 3 is 2.68 bits per heavy atom. The molecule has 31 heavy (non-hydrogen) atoms. The van der Waals surface area contributed by atoms with Gasteiger partial charge in [-0.3, -0.25) is 9.79 Å². The van der Waals surface area contributed by atoms with E-state index in [-0.39, 0.29) is 17.9 Å². The first-order valence-electron chi connectivity index (χ1n) is 11.2. The number of guanidine groups is 1. The number of aliphatic imine (C=N–C) groups is 1. The molecule has 8 heteroatoms. The highest BCUT2D eigenvalue weighted by atomic mass is 19.4. The van der Waals surface area contributed by atoms with Gasteiger partial charge in [0.15, 0.2) is 5.96 Å². The van der Waals surface area contributed by atoms with E-state index in [9.17, 15) is 18.0 Å². The van der Waals surface area contributed by atoms with Crippen LogP contribution in [0.4, 0.5) is 13.2 Å². The summed E-state index contributed by atoms with van der Waals surface area (Å²) in [4.78, 5) is 18.8. The summed E-state index contributed by atoms with van der Waals surface area (Å²) in [5.74, 6) is 1.14. The number of nitrogens with one attached hydrogen (secondary N) is 2. The molecule has 2 unspecified atom stereocenters. The van der Waals surface area contributed by atoms with Crippen molar-refractivity contribution in [1.29, 1.82) is 0 Å². The van der Waals surface area contributed by atoms with Gasteiger partial charge in [0.2, 0.25) is 5.91 Å². The van der Waals surface area contributed by atoms with Crippen LogP contribution < -0.4 is 10.6 Å². The third-order valence-electron chi connectivity index (χ3n) is 6.42. The SMILES string of the molecule is CN=C(NCCC(C)c1cccc(C(F)(F)F)c1)NC1CCN(C(=O)C2CCCC2)C1. The zero-order chi connectivity index (χ0) is 22.4. The summed E-state index contributed by atoms with van der Waals surface area (Å²) >= 11 is 0. The predicted octanol–water partition coefficient (Wildman–Crippen LogP) is 4.16. The second kappa shape index (κ2) is 10.4. The van der Waals surface area contributed by atoms with E-state index in [0.717, 1.165) is 44.7 Å². The molecule has 0 bridgehead atoms. The molecule has 5 nitrogen and oxygen atoms in total. The zero-order valence-corrected chi connectivity index (χ0v) is 18.3. The Morgan fingerprint density at radius 1 is 1.26 bits per heavy atom. The number of carbonyl (C=O) groups excluding carboxylic acids is 1. The standard InChI is InChI=1S/C23H33F3N4O/c1-16(18-8-5-9-19(14-18)23(24,25)26)10-12-28-22(27-2)29-20-11-13-30(15-20)21(31)17-6-3-4-7-17/h5,8-9,14,16-17,20H,3-4,6-7,10-13,15H2,1-2H3,(H2,27,28,29). The molecule has 2 aliphatic rings. The van der Waals surface area contributed by atoms with E-state index in [2.05, 4.69) is 15.6 Å². The normalized spacial score (nSPS) is 21.4. The molecule has 172 valence electrons. The summed E-state index contributed by atoms with van der Waals surface area (Å²) in [7, 11) is 1.70. The van der Waals surface area contributed by atoms with Gasteiger partial charge in [0, 0.05) is 38.6 Å². The number of amides is 1. The van der Waals surface area contributed by atoms with Crippen molar-refractivity contribution >= 4 is 11.9 Å². The van der Waals surface area contributed by atoms with Gasteiger partial charge in [0.05, 0.1) is 5.56 Å². The Hall–Kier alpha value is -2.25. The number of likely N-dealkylation sites (tertiary alicyclic amines) is 1. The summed E-state index contributed by atoms with van der Waals surface area (Å²) in [5.41, 5.74) is 0.0663. The van der Waals surface area contributed by atoms with Crippen LogP contribution in [0.5, 0.6) is 0 Å². The van der Waals surface area contributed by atoms with E-state index in [1.165, 1.54) is 12.1 Å². The number of carbonyl (C=O) groups is 1. The van der Waals surface area contributed by atoms with Gasteiger partial charge in [-0.25, -0.2) is 0 Å². The van der Waals surface area contributed by atoms with Crippen LogP contribution in [-0.4, -0.2) is 49.5 Å². The highest BCUT2D eigenvalue weighted by Crippen LogP contribution is 2.31. The smallest absolute Gasteiger partial charge is 0.356 e. The van der Waals surface area contributed by atoms with Crippen LogP contribution in [0.25, 0.3) is 0 Å². The zero-order valence-electron chi connectivity index (χ0n) is 18.3. The van der Waals surface area contributed by atoms with E-state index in [4.69, 9.17) is 0 Å². The maximum absolute atomic E-state index is 12.9. The maximum Gasteiger partial charge on any atom is 0.416 e. The van der Waals surface area contributed by atoms with Crippen molar-refractivity contribution in [2.75, 3.05) is 26.7 Å². The summed E-state index contributed by atoms with van der Waals surface area (Å²) in [5, 5.41) is 6.63. The molecule has 1 aromatic carbocycles. The van der Waals surface area contributed by atoms with Crippen LogP contribution in [-0.2, 0) is 11.0 Å². The van der Waals surface area contributed by atoms with Crippen molar-refractivity contribution < 1.29 is 18.0 Å². The molecule has 0 aromatic heterocycles. The van der Waals surface area contributed by atoms with Gasteiger partial charge in [-0.15, -0.1) is 0 Å². The third kappa shape index (κ3) is 6.37. The van der Waals surface area contributed by atoms with Crippen molar-refractivity contribution in [3.63, 3.8) is 0 Å².